The second kappa shape index (κ2) is 3.82. The average Bonchev–Trinajstić information content (AvgIpc) is 2.34. The van der Waals surface area contributed by atoms with Crippen LogP contribution in [0.5, 0.6) is 0 Å². The van der Waals surface area contributed by atoms with Crippen LogP contribution in [0.2, 0.25) is 0 Å². The number of hydrazine groups is 1. The van der Waals surface area contributed by atoms with Crippen LogP contribution in [0.4, 0.5) is 0 Å². The fraction of sp³-hybridized carbons (Fsp3) is 0.556. The van der Waals surface area contributed by atoms with Crippen LogP contribution in [0.15, 0.2) is 21.2 Å². The summed E-state index contributed by atoms with van der Waals surface area (Å²) in [6.45, 7) is 6.32. The third-order valence-corrected chi connectivity index (χ3v) is 2.34. The highest BCUT2D eigenvalue weighted by molar-refractivity contribution is 9.10. The summed E-state index contributed by atoms with van der Waals surface area (Å²) in [5.41, 5.74) is 2.79. The van der Waals surface area contributed by atoms with E-state index >= 15 is 0 Å². The van der Waals surface area contributed by atoms with E-state index in [1.165, 1.54) is 0 Å². The minimum atomic E-state index is 0.0267. The molecule has 0 aliphatic heterocycles. The summed E-state index contributed by atoms with van der Waals surface area (Å²) >= 11 is 3.26. The minimum Gasteiger partial charge on any atom is -0.453 e. The van der Waals surface area contributed by atoms with Crippen LogP contribution in [-0.4, -0.2) is 0 Å². The van der Waals surface area contributed by atoms with E-state index in [1.807, 2.05) is 12.1 Å². The standard InChI is InChI=1S/C9H15BrN2O/c1-9(2,3)8(12-11)6-4-5-7(10)13-6/h4-5,8,12H,11H2,1-3H3. The van der Waals surface area contributed by atoms with Gasteiger partial charge in [0.25, 0.3) is 0 Å². The van der Waals surface area contributed by atoms with E-state index in [0.29, 0.717) is 0 Å². The molecule has 0 saturated heterocycles. The molecule has 0 fully saturated rings. The smallest absolute Gasteiger partial charge is 0.169 e. The molecule has 0 bridgehead atoms. The first-order chi connectivity index (χ1) is 5.95. The Labute approximate surface area is 86.8 Å². The zero-order valence-corrected chi connectivity index (χ0v) is 9.68. The maximum Gasteiger partial charge on any atom is 0.169 e. The van der Waals surface area contributed by atoms with E-state index in [4.69, 9.17) is 10.3 Å². The van der Waals surface area contributed by atoms with Gasteiger partial charge in [-0.15, -0.1) is 0 Å². The van der Waals surface area contributed by atoms with Gasteiger partial charge in [-0.1, -0.05) is 20.8 Å². The molecule has 4 heteroatoms. The van der Waals surface area contributed by atoms with Gasteiger partial charge >= 0.3 is 0 Å². The lowest BCUT2D eigenvalue weighted by Crippen LogP contribution is -2.36. The molecule has 1 atom stereocenters. The second-order valence-electron chi connectivity index (χ2n) is 4.11. The summed E-state index contributed by atoms with van der Waals surface area (Å²) in [5.74, 6) is 6.32. The summed E-state index contributed by atoms with van der Waals surface area (Å²) in [4.78, 5) is 0. The summed E-state index contributed by atoms with van der Waals surface area (Å²) in [5, 5.41) is 0. The van der Waals surface area contributed by atoms with Crippen molar-refractivity contribution in [3.8, 4) is 0 Å². The first-order valence-electron chi connectivity index (χ1n) is 4.16. The van der Waals surface area contributed by atoms with Gasteiger partial charge in [0.05, 0.1) is 6.04 Å². The van der Waals surface area contributed by atoms with E-state index < -0.39 is 0 Å². The van der Waals surface area contributed by atoms with Crippen LogP contribution in [0, 0.1) is 5.41 Å². The van der Waals surface area contributed by atoms with E-state index in [9.17, 15) is 0 Å². The van der Waals surface area contributed by atoms with Crippen molar-refractivity contribution < 1.29 is 4.42 Å². The van der Waals surface area contributed by atoms with Gasteiger partial charge in [0.1, 0.15) is 5.76 Å². The Morgan fingerprint density at radius 2 is 2.08 bits per heavy atom. The molecular weight excluding hydrogens is 232 g/mol. The fourth-order valence-corrected chi connectivity index (χ4v) is 1.56. The third-order valence-electron chi connectivity index (χ3n) is 1.91. The first-order valence-corrected chi connectivity index (χ1v) is 4.96. The molecule has 0 amide bonds. The number of nitrogens with one attached hydrogen (secondary N) is 1. The van der Waals surface area contributed by atoms with Gasteiger partial charge < -0.3 is 4.42 Å². The van der Waals surface area contributed by atoms with Gasteiger partial charge in [-0.3, -0.25) is 5.84 Å². The number of hydrogen-bond donors (Lipinski definition) is 2. The molecule has 1 aromatic heterocycles. The Balaban J connectivity index is 2.91. The maximum atomic E-state index is 5.47. The Morgan fingerprint density at radius 1 is 1.46 bits per heavy atom. The molecule has 74 valence electrons. The fourth-order valence-electron chi connectivity index (χ4n) is 1.24. The second-order valence-corrected chi connectivity index (χ2v) is 4.89. The lowest BCUT2D eigenvalue weighted by Gasteiger charge is -2.27. The van der Waals surface area contributed by atoms with E-state index in [-0.39, 0.29) is 11.5 Å². The molecule has 0 spiro atoms. The Morgan fingerprint density at radius 3 is 2.38 bits per heavy atom. The molecule has 1 unspecified atom stereocenters. The van der Waals surface area contributed by atoms with Crippen LogP contribution < -0.4 is 11.3 Å². The third kappa shape index (κ3) is 2.56. The van der Waals surface area contributed by atoms with E-state index in [2.05, 4.69) is 42.1 Å². The lowest BCUT2D eigenvalue weighted by molar-refractivity contribution is 0.237. The quantitative estimate of drug-likeness (QED) is 0.623. The van der Waals surface area contributed by atoms with Crippen molar-refractivity contribution >= 4 is 15.9 Å². The highest BCUT2D eigenvalue weighted by Crippen LogP contribution is 2.33. The largest absolute Gasteiger partial charge is 0.453 e. The predicted molar refractivity (Wildman–Crippen MR) is 55.9 cm³/mol. The number of halogens is 1. The van der Waals surface area contributed by atoms with Crippen molar-refractivity contribution in [2.45, 2.75) is 26.8 Å². The molecule has 1 rings (SSSR count). The van der Waals surface area contributed by atoms with Crippen LogP contribution >= 0.6 is 15.9 Å². The van der Waals surface area contributed by atoms with Crippen LogP contribution in [0.1, 0.15) is 32.6 Å². The van der Waals surface area contributed by atoms with Gasteiger partial charge in [0.15, 0.2) is 4.67 Å². The normalized spacial score (nSPS) is 14.5. The summed E-state index contributed by atoms with van der Waals surface area (Å²) in [6, 6.07) is 3.81. The Hall–Kier alpha value is -0.320. The van der Waals surface area contributed by atoms with Crippen LogP contribution in [0.25, 0.3) is 0 Å². The van der Waals surface area contributed by atoms with E-state index in [1.54, 1.807) is 0 Å². The molecule has 0 aromatic carbocycles. The number of hydrogen-bond acceptors (Lipinski definition) is 3. The summed E-state index contributed by atoms with van der Waals surface area (Å²) in [6.07, 6.45) is 0. The molecule has 3 N–H and O–H groups in total. The first kappa shape index (κ1) is 10.8. The number of rotatable bonds is 2. The van der Waals surface area contributed by atoms with Crippen molar-refractivity contribution in [2.24, 2.45) is 11.3 Å². The van der Waals surface area contributed by atoms with Gasteiger partial charge in [-0.25, -0.2) is 5.43 Å². The lowest BCUT2D eigenvalue weighted by atomic mass is 9.86. The van der Waals surface area contributed by atoms with Gasteiger partial charge in [-0.05, 0) is 33.5 Å². The average molecular weight is 247 g/mol. The summed E-state index contributed by atoms with van der Waals surface area (Å²) in [7, 11) is 0. The van der Waals surface area contributed by atoms with E-state index in [0.717, 1.165) is 10.4 Å². The van der Waals surface area contributed by atoms with Gasteiger partial charge in [0, 0.05) is 0 Å². The van der Waals surface area contributed by atoms with Crippen molar-refractivity contribution in [3.63, 3.8) is 0 Å². The Bertz CT molecular complexity index is 277. The monoisotopic (exact) mass is 246 g/mol. The molecule has 0 radical (unpaired) electrons. The Kier molecular flexibility index (Phi) is 3.16. The van der Waals surface area contributed by atoms with Crippen LogP contribution in [0.3, 0.4) is 0 Å². The number of nitrogens with two attached hydrogens (primary N) is 1. The molecule has 0 aliphatic rings. The maximum absolute atomic E-state index is 5.47. The molecule has 3 nitrogen and oxygen atoms in total. The number of furan rings is 1. The molecule has 1 aromatic rings. The van der Waals surface area contributed by atoms with Crippen molar-refractivity contribution in [3.05, 3.63) is 22.6 Å². The topological polar surface area (TPSA) is 51.2 Å². The molecule has 0 aliphatic carbocycles. The molecule has 1 heterocycles. The molecule has 0 saturated carbocycles. The summed E-state index contributed by atoms with van der Waals surface area (Å²) < 4.78 is 6.17. The van der Waals surface area contributed by atoms with Crippen molar-refractivity contribution in [1.29, 1.82) is 0 Å². The minimum absolute atomic E-state index is 0.0267. The highest BCUT2D eigenvalue weighted by Gasteiger charge is 2.27. The van der Waals surface area contributed by atoms with Gasteiger partial charge in [0.2, 0.25) is 0 Å². The zero-order valence-electron chi connectivity index (χ0n) is 8.10. The predicted octanol–water partition coefficient (Wildman–Crippen LogP) is 2.59. The molecule has 13 heavy (non-hydrogen) atoms. The molecular formula is C9H15BrN2O. The van der Waals surface area contributed by atoms with Crippen molar-refractivity contribution in [2.75, 3.05) is 0 Å². The van der Waals surface area contributed by atoms with Gasteiger partial charge in [-0.2, -0.15) is 0 Å². The van der Waals surface area contributed by atoms with Crippen molar-refractivity contribution in [1.82, 2.24) is 5.43 Å². The SMILES string of the molecule is CC(C)(C)C(NN)c1ccc(Br)o1. The van der Waals surface area contributed by atoms with Crippen LogP contribution in [-0.2, 0) is 0 Å². The zero-order chi connectivity index (χ0) is 10.1. The highest BCUT2D eigenvalue weighted by atomic mass is 79.9.